The zero-order chi connectivity index (χ0) is 18.5. The fraction of sp³-hybridized carbons (Fsp3) is 0.300. The predicted molar refractivity (Wildman–Crippen MR) is 97.0 cm³/mol. The Morgan fingerprint density at radius 1 is 1.08 bits per heavy atom. The zero-order valence-corrected chi connectivity index (χ0v) is 14.6. The van der Waals surface area contributed by atoms with E-state index in [0.29, 0.717) is 35.3 Å². The van der Waals surface area contributed by atoms with Crippen LogP contribution < -0.4 is 14.4 Å². The molecule has 1 amide bonds. The summed E-state index contributed by atoms with van der Waals surface area (Å²) < 4.78 is 10.9. The summed E-state index contributed by atoms with van der Waals surface area (Å²) in [6.45, 7) is 0.240. The number of carbonyl (C=O) groups excluding carboxylic acids is 1. The summed E-state index contributed by atoms with van der Waals surface area (Å²) in [6.07, 6.45) is 2.37. The largest absolute Gasteiger partial charge is 0.492 e. The molecule has 1 aliphatic rings. The first-order valence-corrected chi connectivity index (χ1v) is 8.49. The van der Waals surface area contributed by atoms with Crippen molar-refractivity contribution < 1.29 is 24.2 Å². The van der Waals surface area contributed by atoms with Crippen molar-refractivity contribution in [1.29, 1.82) is 0 Å². The second-order valence-electron chi connectivity index (χ2n) is 6.29. The van der Waals surface area contributed by atoms with Gasteiger partial charge in [-0.1, -0.05) is 12.1 Å². The van der Waals surface area contributed by atoms with E-state index in [1.54, 1.807) is 37.4 Å². The van der Waals surface area contributed by atoms with E-state index in [1.807, 2.05) is 18.2 Å². The normalized spacial score (nSPS) is 13.1. The molecule has 6 nitrogen and oxygen atoms in total. The van der Waals surface area contributed by atoms with Gasteiger partial charge in [-0.3, -0.25) is 4.79 Å². The molecule has 0 bridgehead atoms. The molecule has 0 aromatic heterocycles. The molecule has 1 fully saturated rings. The highest BCUT2D eigenvalue weighted by Gasteiger charge is 2.24. The second-order valence-corrected chi connectivity index (χ2v) is 6.29. The lowest BCUT2D eigenvalue weighted by molar-refractivity contribution is -0.139. The zero-order valence-electron chi connectivity index (χ0n) is 14.6. The van der Waals surface area contributed by atoms with E-state index >= 15 is 0 Å². The molecular weight excluding hydrogens is 334 g/mol. The van der Waals surface area contributed by atoms with Gasteiger partial charge in [0, 0.05) is 12.7 Å². The van der Waals surface area contributed by atoms with Crippen molar-refractivity contribution in [2.24, 2.45) is 5.92 Å². The molecule has 2 aromatic carbocycles. The number of carbonyl (C=O) groups is 2. The van der Waals surface area contributed by atoms with E-state index in [2.05, 4.69) is 0 Å². The second kappa shape index (κ2) is 7.91. The van der Waals surface area contributed by atoms with E-state index in [9.17, 15) is 9.59 Å². The first-order chi connectivity index (χ1) is 12.5. The SMILES string of the molecule is CN(C(=O)c1ccccc1OCC1CC1)c1ccc(OCC(=O)O)cc1. The van der Waals surface area contributed by atoms with Gasteiger partial charge in [-0.15, -0.1) is 0 Å². The Kier molecular flexibility index (Phi) is 5.41. The van der Waals surface area contributed by atoms with E-state index in [4.69, 9.17) is 14.6 Å². The van der Waals surface area contributed by atoms with Crippen LogP contribution in [0.4, 0.5) is 5.69 Å². The molecule has 6 heteroatoms. The van der Waals surface area contributed by atoms with E-state index in [0.717, 1.165) is 0 Å². The van der Waals surface area contributed by atoms with Crippen LogP contribution in [0.25, 0.3) is 0 Å². The lowest BCUT2D eigenvalue weighted by atomic mass is 10.1. The lowest BCUT2D eigenvalue weighted by Crippen LogP contribution is -2.26. The molecule has 0 atom stereocenters. The van der Waals surface area contributed by atoms with Gasteiger partial charge in [0.15, 0.2) is 6.61 Å². The van der Waals surface area contributed by atoms with Gasteiger partial charge in [0.05, 0.1) is 12.2 Å². The fourth-order valence-electron chi connectivity index (χ4n) is 2.47. The third-order valence-electron chi connectivity index (χ3n) is 4.18. The Bertz CT molecular complexity index is 783. The molecule has 0 aliphatic heterocycles. The van der Waals surface area contributed by atoms with Crippen LogP contribution in [0.5, 0.6) is 11.5 Å². The molecule has 0 spiro atoms. The van der Waals surface area contributed by atoms with E-state index in [1.165, 1.54) is 17.7 Å². The molecule has 1 N–H and O–H groups in total. The number of ether oxygens (including phenoxy) is 2. The van der Waals surface area contributed by atoms with E-state index < -0.39 is 12.6 Å². The minimum atomic E-state index is -1.04. The van der Waals surface area contributed by atoms with Gasteiger partial charge in [-0.25, -0.2) is 4.79 Å². The molecule has 1 aliphatic carbocycles. The maximum Gasteiger partial charge on any atom is 0.341 e. The number of para-hydroxylation sites is 1. The van der Waals surface area contributed by atoms with Gasteiger partial charge >= 0.3 is 5.97 Å². The highest BCUT2D eigenvalue weighted by Crippen LogP contribution is 2.31. The van der Waals surface area contributed by atoms with Crippen molar-refractivity contribution in [3.8, 4) is 11.5 Å². The molecule has 0 radical (unpaired) electrons. The quantitative estimate of drug-likeness (QED) is 0.787. The molecule has 3 rings (SSSR count). The molecule has 1 saturated carbocycles. The number of benzene rings is 2. The third-order valence-corrected chi connectivity index (χ3v) is 4.18. The highest BCUT2D eigenvalue weighted by molar-refractivity contribution is 6.07. The Hall–Kier alpha value is -3.02. The van der Waals surface area contributed by atoms with Gasteiger partial charge in [0.2, 0.25) is 0 Å². The minimum absolute atomic E-state index is 0.171. The van der Waals surface area contributed by atoms with Crippen molar-refractivity contribution >= 4 is 17.6 Å². The number of nitrogens with zero attached hydrogens (tertiary/aromatic N) is 1. The topological polar surface area (TPSA) is 76.1 Å². The van der Waals surface area contributed by atoms with Crippen LogP contribution in [0, 0.1) is 5.92 Å². The number of amides is 1. The first-order valence-electron chi connectivity index (χ1n) is 8.49. The van der Waals surface area contributed by atoms with Crippen LogP contribution in [0.1, 0.15) is 23.2 Å². The maximum atomic E-state index is 12.9. The van der Waals surface area contributed by atoms with Crippen molar-refractivity contribution in [3.63, 3.8) is 0 Å². The molecular formula is C20H21NO5. The Labute approximate surface area is 152 Å². The summed E-state index contributed by atoms with van der Waals surface area (Å²) in [4.78, 5) is 24.9. The number of aliphatic carboxylic acids is 1. The van der Waals surface area contributed by atoms with Crippen molar-refractivity contribution in [2.75, 3.05) is 25.2 Å². The number of anilines is 1. The van der Waals surface area contributed by atoms with Crippen LogP contribution in [-0.2, 0) is 4.79 Å². The molecule has 0 heterocycles. The fourth-order valence-corrected chi connectivity index (χ4v) is 2.47. The van der Waals surface area contributed by atoms with Gasteiger partial charge < -0.3 is 19.5 Å². The third kappa shape index (κ3) is 4.53. The Morgan fingerprint density at radius 3 is 2.42 bits per heavy atom. The summed E-state index contributed by atoms with van der Waals surface area (Å²) in [6, 6.07) is 13.9. The average molecular weight is 355 g/mol. The lowest BCUT2D eigenvalue weighted by Gasteiger charge is -2.19. The van der Waals surface area contributed by atoms with Gasteiger partial charge in [-0.05, 0) is 55.2 Å². The predicted octanol–water partition coefficient (Wildman–Crippen LogP) is 3.22. The number of carboxylic acids is 1. The van der Waals surface area contributed by atoms with Gasteiger partial charge in [-0.2, -0.15) is 0 Å². The molecule has 2 aromatic rings. The molecule has 26 heavy (non-hydrogen) atoms. The van der Waals surface area contributed by atoms with Gasteiger partial charge in [0.1, 0.15) is 11.5 Å². The summed E-state index contributed by atoms with van der Waals surface area (Å²) in [5.41, 5.74) is 1.19. The van der Waals surface area contributed by atoms with Crippen LogP contribution in [0.2, 0.25) is 0 Å². The van der Waals surface area contributed by atoms with Crippen LogP contribution in [0.3, 0.4) is 0 Å². The van der Waals surface area contributed by atoms with E-state index in [-0.39, 0.29) is 5.91 Å². The summed E-state index contributed by atoms with van der Waals surface area (Å²) in [5, 5.41) is 8.63. The van der Waals surface area contributed by atoms with Crippen molar-refractivity contribution in [1.82, 2.24) is 0 Å². The van der Waals surface area contributed by atoms with Crippen molar-refractivity contribution in [3.05, 3.63) is 54.1 Å². The maximum absolute atomic E-state index is 12.9. The summed E-state index contributed by atoms with van der Waals surface area (Å²) in [7, 11) is 1.69. The molecule has 136 valence electrons. The summed E-state index contributed by atoms with van der Waals surface area (Å²) in [5.74, 6) is 0.428. The molecule has 0 saturated heterocycles. The smallest absolute Gasteiger partial charge is 0.341 e. The monoisotopic (exact) mass is 355 g/mol. The minimum Gasteiger partial charge on any atom is -0.492 e. The highest BCUT2D eigenvalue weighted by atomic mass is 16.5. The molecule has 0 unspecified atom stereocenters. The Balaban J connectivity index is 1.69. The van der Waals surface area contributed by atoms with Crippen LogP contribution in [0.15, 0.2) is 48.5 Å². The standard InChI is InChI=1S/C20H21NO5/c1-21(15-8-10-16(11-9-15)25-13-19(22)23)20(24)17-4-2-3-5-18(17)26-12-14-6-7-14/h2-5,8-11,14H,6-7,12-13H2,1H3,(H,22,23). The van der Waals surface area contributed by atoms with Crippen LogP contribution >= 0.6 is 0 Å². The number of hydrogen-bond donors (Lipinski definition) is 1. The number of carboxylic acid groups (broad SMARTS) is 1. The van der Waals surface area contributed by atoms with Gasteiger partial charge in [0.25, 0.3) is 5.91 Å². The van der Waals surface area contributed by atoms with Crippen LogP contribution in [-0.4, -0.2) is 37.2 Å². The average Bonchev–Trinajstić information content (AvgIpc) is 3.48. The van der Waals surface area contributed by atoms with Crippen molar-refractivity contribution in [2.45, 2.75) is 12.8 Å². The summed E-state index contributed by atoms with van der Waals surface area (Å²) >= 11 is 0. The number of hydrogen-bond acceptors (Lipinski definition) is 4. The first kappa shape index (κ1) is 17.8. The number of rotatable bonds is 8. The Morgan fingerprint density at radius 2 is 1.77 bits per heavy atom.